The van der Waals surface area contributed by atoms with Gasteiger partial charge >= 0.3 is 0 Å². The number of halogens is 2. The summed E-state index contributed by atoms with van der Waals surface area (Å²) in [4.78, 5) is 12.4. The molecule has 6 heteroatoms. The van der Waals surface area contributed by atoms with Crippen LogP contribution in [0.1, 0.15) is 54.4 Å². The first-order valence-electron chi connectivity index (χ1n) is 7.71. The predicted octanol–water partition coefficient (Wildman–Crippen LogP) is 3.90. The molecule has 1 fully saturated rings. The molecule has 0 spiro atoms. The zero-order valence-corrected chi connectivity index (χ0v) is 14.7. The van der Waals surface area contributed by atoms with Gasteiger partial charge in [-0.2, -0.15) is 5.10 Å². The van der Waals surface area contributed by atoms with Crippen LogP contribution >= 0.6 is 15.9 Å². The monoisotopic (exact) mass is 379 g/mol. The molecule has 2 aromatic rings. The molecule has 1 heterocycles. The molecule has 0 saturated heterocycles. The van der Waals surface area contributed by atoms with Crippen LogP contribution in [0.15, 0.2) is 28.7 Å². The van der Waals surface area contributed by atoms with E-state index in [1.54, 1.807) is 12.1 Å². The first-order chi connectivity index (χ1) is 10.9. The Kier molecular flexibility index (Phi) is 4.27. The second-order valence-corrected chi connectivity index (χ2v) is 7.22. The summed E-state index contributed by atoms with van der Waals surface area (Å²) in [6, 6.07) is 6.54. The lowest BCUT2D eigenvalue weighted by molar-refractivity contribution is 0.0944. The number of rotatable bonds is 5. The molecule has 0 radical (unpaired) electrons. The third-order valence-corrected chi connectivity index (χ3v) is 5.23. The number of hydrogen-bond acceptors (Lipinski definition) is 2. The number of amides is 1. The fraction of sp³-hybridized carbons (Fsp3) is 0.412. The third kappa shape index (κ3) is 3.17. The Morgan fingerprint density at radius 3 is 2.57 bits per heavy atom. The van der Waals surface area contributed by atoms with Gasteiger partial charge in [-0.1, -0.05) is 26.0 Å². The first kappa shape index (κ1) is 16.2. The summed E-state index contributed by atoms with van der Waals surface area (Å²) in [6.07, 6.45) is 2.00. The minimum Gasteiger partial charge on any atom is -0.350 e. The second-order valence-electron chi connectivity index (χ2n) is 6.42. The van der Waals surface area contributed by atoms with Gasteiger partial charge in [0.2, 0.25) is 0 Å². The Bertz CT molecular complexity index is 720. The van der Waals surface area contributed by atoms with Crippen LogP contribution in [0, 0.1) is 5.82 Å². The lowest BCUT2D eigenvalue weighted by Gasteiger charge is -2.16. The van der Waals surface area contributed by atoms with Gasteiger partial charge in [0, 0.05) is 12.0 Å². The van der Waals surface area contributed by atoms with Gasteiger partial charge in [-0.15, -0.1) is 0 Å². The number of H-pyrrole nitrogens is 1. The lowest BCUT2D eigenvalue weighted by atomic mass is 9.96. The molecular formula is C17H19BrFN3O. The van der Waals surface area contributed by atoms with Crippen molar-refractivity contribution in [3.63, 3.8) is 0 Å². The second kappa shape index (κ2) is 6.07. The molecule has 0 atom stereocenters. The van der Waals surface area contributed by atoms with Gasteiger partial charge in [0.25, 0.3) is 5.91 Å². The highest BCUT2D eigenvalue weighted by atomic mass is 79.9. The van der Waals surface area contributed by atoms with Crippen molar-refractivity contribution in [3.05, 3.63) is 51.5 Å². The summed E-state index contributed by atoms with van der Waals surface area (Å²) in [5.74, 6) is -0.184. The maximum atomic E-state index is 13.1. The highest BCUT2D eigenvalue weighted by Gasteiger charge is 2.44. The zero-order chi connectivity index (χ0) is 16.6. The Morgan fingerprint density at radius 2 is 2.04 bits per heavy atom. The Labute approximate surface area is 143 Å². The van der Waals surface area contributed by atoms with E-state index in [9.17, 15) is 9.18 Å². The van der Waals surface area contributed by atoms with Crippen LogP contribution in [0.3, 0.4) is 0 Å². The highest BCUT2D eigenvalue weighted by Crippen LogP contribution is 2.47. The molecule has 1 aliphatic rings. The largest absolute Gasteiger partial charge is 0.350 e. The summed E-state index contributed by atoms with van der Waals surface area (Å²) >= 11 is 3.45. The van der Waals surface area contributed by atoms with E-state index in [1.807, 2.05) is 13.8 Å². The molecule has 1 saturated carbocycles. The van der Waals surface area contributed by atoms with Gasteiger partial charge in [0.15, 0.2) is 5.69 Å². The fourth-order valence-corrected chi connectivity index (χ4v) is 3.55. The molecule has 23 heavy (non-hydrogen) atoms. The molecular weight excluding hydrogens is 361 g/mol. The Balaban J connectivity index is 1.69. The van der Waals surface area contributed by atoms with Gasteiger partial charge < -0.3 is 5.32 Å². The lowest BCUT2D eigenvalue weighted by Crippen LogP contribution is -2.32. The number of nitrogens with one attached hydrogen (secondary N) is 2. The van der Waals surface area contributed by atoms with Gasteiger partial charge in [-0.3, -0.25) is 9.89 Å². The van der Waals surface area contributed by atoms with Crippen LogP contribution in [0.2, 0.25) is 0 Å². The van der Waals surface area contributed by atoms with Crippen molar-refractivity contribution in [2.45, 2.75) is 38.0 Å². The van der Waals surface area contributed by atoms with Crippen molar-refractivity contribution in [3.8, 4) is 0 Å². The maximum absolute atomic E-state index is 13.1. The molecule has 1 aromatic heterocycles. The van der Waals surface area contributed by atoms with Crippen molar-refractivity contribution in [1.29, 1.82) is 0 Å². The zero-order valence-electron chi connectivity index (χ0n) is 13.1. The Morgan fingerprint density at radius 1 is 1.39 bits per heavy atom. The molecule has 0 aliphatic heterocycles. The van der Waals surface area contributed by atoms with E-state index >= 15 is 0 Å². The third-order valence-electron chi connectivity index (χ3n) is 4.42. The van der Waals surface area contributed by atoms with E-state index in [2.05, 4.69) is 31.4 Å². The smallest absolute Gasteiger partial charge is 0.272 e. The molecule has 2 N–H and O–H groups in total. The summed E-state index contributed by atoms with van der Waals surface area (Å²) in [6.45, 7) is 4.61. The highest BCUT2D eigenvalue weighted by molar-refractivity contribution is 9.10. The molecule has 3 rings (SSSR count). The van der Waals surface area contributed by atoms with Crippen molar-refractivity contribution >= 4 is 21.8 Å². The number of aromatic nitrogens is 2. The average Bonchev–Trinajstić information content (AvgIpc) is 3.21. The van der Waals surface area contributed by atoms with Gasteiger partial charge in [0.05, 0.1) is 10.2 Å². The minimum atomic E-state index is -0.241. The first-order valence-corrected chi connectivity index (χ1v) is 8.50. The SMILES string of the molecule is CC(C)c1[nH]nc(C(=O)NCC2(c3ccc(F)cc3)CC2)c1Br. The van der Waals surface area contributed by atoms with E-state index < -0.39 is 0 Å². The van der Waals surface area contributed by atoms with Gasteiger partial charge in [-0.05, 0) is 52.4 Å². The molecule has 1 aromatic carbocycles. The van der Waals surface area contributed by atoms with Crippen molar-refractivity contribution in [2.75, 3.05) is 6.54 Å². The van der Waals surface area contributed by atoms with E-state index in [0.29, 0.717) is 12.2 Å². The standard InChI is InChI=1S/C17H19BrFN3O/c1-10(2)14-13(18)15(22-21-14)16(23)20-9-17(7-8-17)11-3-5-12(19)6-4-11/h3-6,10H,7-9H2,1-2H3,(H,20,23)(H,21,22). The van der Waals surface area contributed by atoms with E-state index in [4.69, 9.17) is 0 Å². The van der Waals surface area contributed by atoms with Crippen LogP contribution in [-0.2, 0) is 5.41 Å². The van der Waals surface area contributed by atoms with Crippen LogP contribution in [0.5, 0.6) is 0 Å². The van der Waals surface area contributed by atoms with E-state index in [1.165, 1.54) is 12.1 Å². The van der Waals surface area contributed by atoms with Crippen LogP contribution in [0.25, 0.3) is 0 Å². The van der Waals surface area contributed by atoms with Gasteiger partial charge in [-0.25, -0.2) is 4.39 Å². The van der Waals surface area contributed by atoms with Gasteiger partial charge in [0.1, 0.15) is 5.82 Å². The fourth-order valence-electron chi connectivity index (χ4n) is 2.73. The van der Waals surface area contributed by atoms with Crippen molar-refractivity contribution in [2.24, 2.45) is 0 Å². The molecule has 0 bridgehead atoms. The normalized spacial score (nSPS) is 15.7. The molecule has 1 amide bonds. The van der Waals surface area contributed by atoms with Crippen LogP contribution < -0.4 is 5.32 Å². The van der Waals surface area contributed by atoms with E-state index in [-0.39, 0.29) is 23.1 Å². The summed E-state index contributed by atoms with van der Waals surface area (Å²) < 4.78 is 13.8. The van der Waals surface area contributed by atoms with Crippen molar-refractivity contribution < 1.29 is 9.18 Å². The predicted molar refractivity (Wildman–Crippen MR) is 90.0 cm³/mol. The number of hydrogen-bond donors (Lipinski definition) is 2. The molecule has 122 valence electrons. The average molecular weight is 380 g/mol. The van der Waals surface area contributed by atoms with Crippen LogP contribution in [0.4, 0.5) is 4.39 Å². The molecule has 4 nitrogen and oxygen atoms in total. The summed E-state index contributed by atoms with van der Waals surface area (Å²) in [5.41, 5.74) is 2.30. The quantitative estimate of drug-likeness (QED) is 0.827. The Hall–Kier alpha value is -1.69. The van der Waals surface area contributed by atoms with E-state index in [0.717, 1.165) is 28.6 Å². The molecule has 1 aliphatic carbocycles. The van der Waals surface area contributed by atoms with Crippen LogP contribution in [-0.4, -0.2) is 22.6 Å². The topological polar surface area (TPSA) is 57.8 Å². The number of carbonyl (C=O) groups is 1. The van der Waals surface area contributed by atoms with Crippen molar-refractivity contribution in [1.82, 2.24) is 15.5 Å². The number of aromatic amines is 1. The number of benzene rings is 1. The summed E-state index contributed by atoms with van der Waals surface area (Å²) in [7, 11) is 0. The molecule has 0 unspecified atom stereocenters. The summed E-state index contributed by atoms with van der Waals surface area (Å²) in [5, 5.41) is 9.98. The maximum Gasteiger partial charge on any atom is 0.272 e. The number of nitrogens with zero attached hydrogens (tertiary/aromatic N) is 1. The number of carbonyl (C=O) groups excluding carboxylic acids is 1. The minimum absolute atomic E-state index is 0.0625.